The van der Waals surface area contributed by atoms with Gasteiger partial charge in [0.15, 0.2) is 0 Å². The van der Waals surface area contributed by atoms with Crippen molar-refractivity contribution in [1.82, 2.24) is 20.0 Å². The number of aromatic nitrogens is 2. The first-order chi connectivity index (χ1) is 12.7. The minimum absolute atomic E-state index is 0.0768. The number of aromatic amines is 1. The van der Waals surface area contributed by atoms with Crippen LogP contribution in [0.15, 0.2) is 30.3 Å². The third kappa shape index (κ3) is 3.39. The Bertz CT molecular complexity index is 752. The van der Waals surface area contributed by atoms with E-state index in [2.05, 4.69) is 15.1 Å². The molecule has 0 radical (unpaired) electrons. The van der Waals surface area contributed by atoms with Gasteiger partial charge < -0.3 is 9.64 Å². The van der Waals surface area contributed by atoms with Crippen LogP contribution in [0.5, 0.6) is 0 Å². The lowest BCUT2D eigenvalue weighted by Crippen LogP contribution is -2.46. The van der Waals surface area contributed by atoms with E-state index in [1.165, 1.54) is 0 Å². The molecule has 2 aliphatic heterocycles. The second-order valence-electron chi connectivity index (χ2n) is 7.15. The average molecular weight is 354 g/mol. The molecule has 1 N–H and O–H groups in total. The lowest BCUT2D eigenvalue weighted by atomic mass is 10.1. The highest BCUT2D eigenvalue weighted by Crippen LogP contribution is 2.26. The molecule has 0 spiro atoms. The van der Waals surface area contributed by atoms with Crippen molar-refractivity contribution in [2.24, 2.45) is 0 Å². The summed E-state index contributed by atoms with van der Waals surface area (Å²) in [6.45, 7) is 7.24. The number of carbonyl (C=O) groups excluding carboxylic acids is 1. The van der Waals surface area contributed by atoms with E-state index >= 15 is 0 Å². The van der Waals surface area contributed by atoms with Gasteiger partial charge in [-0.15, -0.1) is 0 Å². The molecule has 1 aromatic heterocycles. The van der Waals surface area contributed by atoms with E-state index in [1.54, 1.807) is 0 Å². The zero-order valence-electron chi connectivity index (χ0n) is 15.3. The van der Waals surface area contributed by atoms with Crippen molar-refractivity contribution in [3.8, 4) is 11.3 Å². The van der Waals surface area contributed by atoms with E-state index in [9.17, 15) is 4.79 Å². The average Bonchev–Trinajstić information content (AvgIpc) is 3.29. The van der Waals surface area contributed by atoms with Gasteiger partial charge in [0.25, 0.3) is 5.91 Å². The Balaban J connectivity index is 1.50. The molecule has 138 valence electrons. The van der Waals surface area contributed by atoms with Crippen LogP contribution in [0.1, 0.15) is 28.9 Å². The van der Waals surface area contributed by atoms with E-state index in [1.807, 2.05) is 42.2 Å². The number of nitrogens with one attached hydrogen (secondary N) is 1. The lowest BCUT2D eigenvalue weighted by molar-refractivity contribution is 0.0260. The number of morpholine rings is 1. The molecule has 2 aromatic rings. The summed E-state index contributed by atoms with van der Waals surface area (Å²) in [5, 5.41) is 7.42. The lowest BCUT2D eigenvalue weighted by Gasteiger charge is -2.32. The Morgan fingerprint density at radius 1 is 1.23 bits per heavy atom. The predicted molar refractivity (Wildman–Crippen MR) is 100 cm³/mol. The third-order valence-corrected chi connectivity index (χ3v) is 5.48. The molecule has 1 atom stereocenters. The fraction of sp³-hybridized carbons (Fsp3) is 0.500. The van der Waals surface area contributed by atoms with Gasteiger partial charge in [0.05, 0.1) is 18.9 Å². The fourth-order valence-electron chi connectivity index (χ4n) is 4.00. The number of ether oxygens (including phenoxy) is 1. The van der Waals surface area contributed by atoms with Crippen LogP contribution < -0.4 is 0 Å². The van der Waals surface area contributed by atoms with Crippen LogP contribution in [0.3, 0.4) is 0 Å². The van der Waals surface area contributed by atoms with Crippen molar-refractivity contribution in [2.75, 3.05) is 39.4 Å². The predicted octanol–water partition coefficient (Wildman–Crippen LogP) is 2.32. The molecule has 6 heteroatoms. The van der Waals surface area contributed by atoms with Crippen LogP contribution in [0.25, 0.3) is 11.3 Å². The van der Waals surface area contributed by atoms with Gasteiger partial charge in [-0.25, -0.2) is 0 Å². The number of H-pyrrole nitrogens is 1. The minimum atomic E-state index is 0.0768. The summed E-state index contributed by atoms with van der Waals surface area (Å²) >= 11 is 0. The SMILES string of the molecule is Cc1c(-c2ccccc2)n[nH]c1C(=O)N1CCC[C@H]1CN1CCOCC1. The molecule has 3 heterocycles. The number of nitrogens with zero attached hydrogens (tertiary/aromatic N) is 3. The van der Waals surface area contributed by atoms with Crippen molar-refractivity contribution < 1.29 is 9.53 Å². The van der Waals surface area contributed by atoms with Gasteiger partial charge >= 0.3 is 0 Å². The van der Waals surface area contributed by atoms with Crippen LogP contribution in [0, 0.1) is 6.92 Å². The van der Waals surface area contributed by atoms with E-state index in [-0.39, 0.29) is 11.9 Å². The summed E-state index contributed by atoms with van der Waals surface area (Å²) < 4.78 is 5.43. The van der Waals surface area contributed by atoms with Gasteiger partial charge in [0.1, 0.15) is 5.69 Å². The largest absolute Gasteiger partial charge is 0.379 e. The highest BCUT2D eigenvalue weighted by molar-refractivity contribution is 5.95. The van der Waals surface area contributed by atoms with Crippen LogP contribution in [-0.4, -0.2) is 71.3 Å². The summed E-state index contributed by atoms with van der Waals surface area (Å²) in [5.74, 6) is 0.0768. The Hall–Kier alpha value is -2.18. The summed E-state index contributed by atoms with van der Waals surface area (Å²) in [6.07, 6.45) is 2.14. The van der Waals surface area contributed by atoms with Crippen LogP contribution in [0.2, 0.25) is 0 Å². The van der Waals surface area contributed by atoms with Crippen molar-refractivity contribution in [3.05, 3.63) is 41.6 Å². The Morgan fingerprint density at radius 2 is 2.00 bits per heavy atom. The van der Waals surface area contributed by atoms with Gasteiger partial charge in [0, 0.05) is 43.3 Å². The maximum Gasteiger partial charge on any atom is 0.272 e. The standard InChI is InChI=1S/C20H26N4O2/c1-15-18(16-6-3-2-4-7-16)21-22-19(15)20(25)24-9-5-8-17(24)14-23-10-12-26-13-11-23/h2-4,6-7,17H,5,8-14H2,1H3,(H,21,22)/t17-/m0/s1. The molecule has 0 unspecified atom stereocenters. The minimum Gasteiger partial charge on any atom is -0.379 e. The molecule has 2 fully saturated rings. The number of likely N-dealkylation sites (tertiary alicyclic amines) is 1. The normalized spacial score (nSPS) is 21.3. The Labute approximate surface area is 154 Å². The van der Waals surface area contributed by atoms with Gasteiger partial charge in [0.2, 0.25) is 0 Å². The highest BCUT2D eigenvalue weighted by atomic mass is 16.5. The molecule has 0 aliphatic carbocycles. The van der Waals surface area contributed by atoms with Crippen LogP contribution >= 0.6 is 0 Å². The molecule has 0 saturated carbocycles. The third-order valence-electron chi connectivity index (χ3n) is 5.48. The van der Waals surface area contributed by atoms with Crippen molar-refractivity contribution in [2.45, 2.75) is 25.8 Å². The molecular weight excluding hydrogens is 328 g/mol. The summed E-state index contributed by atoms with van der Waals surface area (Å²) in [4.78, 5) is 17.6. The van der Waals surface area contributed by atoms with E-state index in [4.69, 9.17) is 4.74 Å². The summed E-state index contributed by atoms with van der Waals surface area (Å²) in [7, 11) is 0. The molecule has 0 bridgehead atoms. The van der Waals surface area contributed by atoms with E-state index in [0.29, 0.717) is 5.69 Å². The first-order valence-corrected chi connectivity index (χ1v) is 9.45. The molecule has 4 rings (SSSR count). The Kier molecular flexibility index (Phi) is 5.04. The van der Waals surface area contributed by atoms with Gasteiger partial charge in [-0.2, -0.15) is 5.10 Å². The van der Waals surface area contributed by atoms with Gasteiger partial charge in [-0.1, -0.05) is 30.3 Å². The van der Waals surface area contributed by atoms with Crippen molar-refractivity contribution >= 4 is 5.91 Å². The first kappa shape index (κ1) is 17.2. The monoisotopic (exact) mass is 354 g/mol. The molecule has 1 amide bonds. The van der Waals surface area contributed by atoms with Gasteiger partial charge in [-0.05, 0) is 19.8 Å². The summed E-state index contributed by atoms with van der Waals surface area (Å²) in [5.41, 5.74) is 3.44. The number of rotatable bonds is 4. The first-order valence-electron chi connectivity index (χ1n) is 9.45. The number of hydrogen-bond acceptors (Lipinski definition) is 4. The number of carbonyl (C=O) groups is 1. The van der Waals surface area contributed by atoms with Crippen molar-refractivity contribution in [3.63, 3.8) is 0 Å². The molecule has 1 aromatic carbocycles. The smallest absolute Gasteiger partial charge is 0.272 e. The number of amides is 1. The Morgan fingerprint density at radius 3 is 2.77 bits per heavy atom. The quantitative estimate of drug-likeness (QED) is 0.915. The van der Waals surface area contributed by atoms with Gasteiger partial charge in [-0.3, -0.25) is 14.8 Å². The molecule has 2 saturated heterocycles. The zero-order chi connectivity index (χ0) is 17.9. The fourth-order valence-corrected chi connectivity index (χ4v) is 4.00. The molecule has 6 nitrogen and oxygen atoms in total. The number of benzene rings is 1. The molecular formula is C20H26N4O2. The van der Waals surface area contributed by atoms with E-state index < -0.39 is 0 Å². The molecule has 26 heavy (non-hydrogen) atoms. The highest BCUT2D eigenvalue weighted by Gasteiger charge is 2.33. The van der Waals surface area contributed by atoms with Crippen molar-refractivity contribution in [1.29, 1.82) is 0 Å². The summed E-state index contributed by atoms with van der Waals surface area (Å²) in [6, 6.07) is 10.3. The van der Waals surface area contributed by atoms with E-state index in [0.717, 1.165) is 69.1 Å². The van der Waals surface area contributed by atoms with Crippen LogP contribution in [0.4, 0.5) is 0 Å². The second-order valence-corrected chi connectivity index (χ2v) is 7.15. The maximum absolute atomic E-state index is 13.2. The zero-order valence-corrected chi connectivity index (χ0v) is 15.3. The molecule has 2 aliphatic rings. The number of hydrogen-bond donors (Lipinski definition) is 1. The topological polar surface area (TPSA) is 61.5 Å². The second kappa shape index (κ2) is 7.60. The van der Waals surface area contributed by atoms with Crippen LogP contribution in [-0.2, 0) is 4.74 Å². The maximum atomic E-state index is 13.2.